The quantitative estimate of drug-likeness (QED) is 0.586. The van der Waals surface area contributed by atoms with Crippen molar-refractivity contribution in [2.24, 2.45) is 0 Å². The molecule has 0 bridgehead atoms. The third-order valence-electron chi connectivity index (χ3n) is 2.71. The zero-order valence-corrected chi connectivity index (χ0v) is 12.1. The molecule has 0 aliphatic carbocycles. The molecule has 0 unspecified atom stereocenters. The smallest absolute Gasteiger partial charge is 0.222 e. The molecule has 98 valence electrons. The maximum absolute atomic E-state index is 5.77. The Morgan fingerprint density at radius 1 is 1.42 bits per heavy atom. The lowest BCUT2D eigenvalue weighted by Crippen LogP contribution is -1.95. The molecule has 6 heteroatoms. The lowest BCUT2D eigenvalue weighted by molar-refractivity contribution is 0.530. The minimum atomic E-state index is 0.332. The lowest BCUT2D eigenvalue weighted by atomic mass is 10.3. The second kappa shape index (κ2) is 5.22. The van der Waals surface area contributed by atoms with Gasteiger partial charge in [-0.3, -0.25) is 0 Å². The zero-order valence-electron chi connectivity index (χ0n) is 10.4. The molecule has 3 heterocycles. The molecule has 0 atom stereocenters. The molecule has 0 aromatic carbocycles. The van der Waals surface area contributed by atoms with Crippen LogP contribution in [0.4, 0.5) is 5.95 Å². The number of rotatable bonds is 4. The van der Waals surface area contributed by atoms with E-state index in [0.717, 1.165) is 33.2 Å². The first-order valence-corrected chi connectivity index (χ1v) is 7.77. The van der Waals surface area contributed by atoms with Crippen LogP contribution in [0.25, 0.3) is 10.2 Å². The minimum absolute atomic E-state index is 0.332. The van der Waals surface area contributed by atoms with Gasteiger partial charge in [0.05, 0.1) is 12.0 Å². The number of aromatic nitrogens is 2. The molecule has 0 saturated carbocycles. The van der Waals surface area contributed by atoms with E-state index in [9.17, 15) is 0 Å². The van der Waals surface area contributed by atoms with Crippen LogP contribution in [0.3, 0.4) is 0 Å². The molecular formula is C13H13N3OS2. The van der Waals surface area contributed by atoms with Gasteiger partial charge in [0.2, 0.25) is 5.95 Å². The van der Waals surface area contributed by atoms with Crippen molar-refractivity contribution in [2.45, 2.75) is 24.1 Å². The molecule has 3 aromatic rings. The van der Waals surface area contributed by atoms with E-state index in [0.29, 0.717) is 5.95 Å². The number of hydrogen-bond donors (Lipinski definition) is 1. The summed E-state index contributed by atoms with van der Waals surface area (Å²) in [6.45, 7) is 2.14. The summed E-state index contributed by atoms with van der Waals surface area (Å²) in [4.78, 5) is 10.9. The van der Waals surface area contributed by atoms with Gasteiger partial charge in [0, 0.05) is 10.3 Å². The van der Waals surface area contributed by atoms with E-state index in [4.69, 9.17) is 10.2 Å². The highest BCUT2D eigenvalue weighted by atomic mass is 32.2. The number of hydrogen-bond acceptors (Lipinski definition) is 6. The molecular weight excluding hydrogens is 278 g/mol. The van der Waals surface area contributed by atoms with Gasteiger partial charge in [-0.25, -0.2) is 9.97 Å². The van der Waals surface area contributed by atoms with Crippen LogP contribution in [0.2, 0.25) is 0 Å². The minimum Gasteiger partial charge on any atom is -0.468 e. The highest BCUT2D eigenvalue weighted by Gasteiger charge is 2.11. The number of fused-ring (bicyclic) bond motifs is 1. The Morgan fingerprint density at radius 2 is 2.32 bits per heavy atom. The number of thioether (sulfide) groups is 1. The normalized spacial score (nSPS) is 11.2. The van der Waals surface area contributed by atoms with Gasteiger partial charge >= 0.3 is 0 Å². The number of nitrogen functional groups attached to an aromatic ring is 1. The van der Waals surface area contributed by atoms with E-state index in [1.807, 2.05) is 12.1 Å². The highest BCUT2D eigenvalue weighted by molar-refractivity contribution is 7.98. The predicted octanol–water partition coefficient (Wildman–Crippen LogP) is 3.72. The van der Waals surface area contributed by atoms with Gasteiger partial charge in [0.15, 0.2) is 0 Å². The van der Waals surface area contributed by atoms with Crippen LogP contribution in [0.15, 0.2) is 33.9 Å². The maximum atomic E-state index is 5.77. The van der Waals surface area contributed by atoms with Crippen molar-refractivity contribution in [1.82, 2.24) is 9.97 Å². The fraction of sp³-hybridized carbons (Fsp3) is 0.231. The largest absolute Gasteiger partial charge is 0.468 e. The Hall–Kier alpha value is -1.53. The number of thiophene rings is 1. The van der Waals surface area contributed by atoms with Crippen molar-refractivity contribution in [2.75, 3.05) is 5.73 Å². The van der Waals surface area contributed by atoms with Crippen LogP contribution in [0, 0.1) is 0 Å². The van der Waals surface area contributed by atoms with Crippen molar-refractivity contribution >= 4 is 39.3 Å². The number of anilines is 1. The van der Waals surface area contributed by atoms with E-state index < -0.39 is 0 Å². The Balaban J connectivity index is 1.94. The molecule has 0 radical (unpaired) electrons. The van der Waals surface area contributed by atoms with Crippen LogP contribution in [-0.2, 0) is 12.2 Å². The summed E-state index contributed by atoms with van der Waals surface area (Å²) >= 11 is 3.31. The molecule has 3 aromatic heterocycles. The lowest BCUT2D eigenvalue weighted by Gasteiger charge is -2.01. The summed E-state index contributed by atoms with van der Waals surface area (Å²) in [5, 5.41) is 2.02. The standard InChI is InChI=1S/C13H13N3OS2/c1-2-9-6-10-11(15-13(14)16-12(10)19-9)18-7-8-4-3-5-17-8/h3-6H,2,7H2,1H3,(H2,14,15,16). The summed E-state index contributed by atoms with van der Waals surface area (Å²) in [6, 6.07) is 6.00. The summed E-state index contributed by atoms with van der Waals surface area (Å²) in [5.41, 5.74) is 5.77. The average Bonchev–Trinajstić information content (AvgIpc) is 3.04. The summed E-state index contributed by atoms with van der Waals surface area (Å²) in [5.74, 6) is 2.01. The summed E-state index contributed by atoms with van der Waals surface area (Å²) in [7, 11) is 0. The van der Waals surface area contributed by atoms with E-state index in [2.05, 4.69) is 23.0 Å². The Morgan fingerprint density at radius 3 is 3.05 bits per heavy atom. The van der Waals surface area contributed by atoms with Crippen LogP contribution < -0.4 is 5.73 Å². The van der Waals surface area contributed by atoms with Gasteiger partial charge in [-0.2, -0.15) is 0 Å². The van der Waals surface area contributed by atoms with E-state index in [1.165, 1.54) is 4.88 Å². The van der Waals surface area contributed by atoms with Crippen LogP contribution in [0.5, 0.6) is 0 Å². The van der Waals surface area contributed by atoms with Gasteiger partial charge in [-0.15, -0.1) is 11.3 Å². The first kappa shape index (κ1) is 12.5. The average molecular weight is 291 g/mol. The van der Waals surface area contributed by atoms with Gasteiger partial charge in [-0.1, -0.05) is 18.7 Å². The molecule has 0 aliphatic rings. The second-order valence-corrected chi connectivity index (χ2v) is 6.12. The first-order valence-electron chi connectivity index (χ1n) is 5.97. The van der Waals surface area contributed by atoms with Crippen molar-refractivity contribution in [1.29, 1.82) is 0 Å². The topological polar surface area (TPSA) is 64.9 Å². The van der Waals surface area contributed by atoms with Gasteiger partial charge in [-0.05, 0) is 24.6 Å². The van der Waals surface area contributed by atoms with Crippen molar-refractivity contribution in [3.8, 4) is 0 Å². The second-order valence-electron chi connectivity index (χ2n) is 4.04. The predicted molar refractivity (Wildman–Crippen MR) is 79.5 cm³/mol. The van der Waals surface area contributed by atoms with E-state index in [-0.39, 0.29) is 0 Å². The van der Waals surface area contributed by atoms with Gasteiger partial charge < -0.3 is 10.2 Å². The van der Waals surface area contributed by atoms with Gasteiger partial charge in [0.25, 0.3) is 0 Å². The Kier molecular flexibility index (Phi) is 3.44. The van der Waals surface area contributed by atoms with E-state index in [1.54, 1.807) is 29.4 Å². The molecule has 0 spiro atoms. The van der Waals surface area contributed by atoms with Crippen LogP contribution >= 0.6 is 23.1 Å². The van der Waals surface area contributed by atoms with E-state index >= 15 is 0 Å². The summed E-state index contributed by atoms with van der Waals surface area (Å²) in [6.07, 6.45) is 2.68. The maximum Gasteiger partial charge on any atom is 0.222 e. The molecule has 0 fully saturated rings. The Bertz CT molecular complexity index is 691. The van der Waals surface area contributed by atoms with Crippen molar-refractivity contribution in [3.63, 3.8) is 0 Å². The van der Waals surface area contributed by atoms with Crippen LogP contribution in [-0.4, -0.2) is 9.97 Å². The molecule has 0 aliphatic heterocycles. The van der Waals surface area contributed by atoms with Gasteiger partial charge in [0.1, 0.15) is 15.6 Å². The molecule has 0 amide bonds. The fourth-order valence-electron chi connectivity index (χ4n) is 1.78. The third kappa shape index (κ3) is 2.59. The van der Waals surface area contributed by atoms with Crippen molar-refractivity contribution in [3.05, 3.63) is 35.1 Å². The number of nitrogens with two attached hydrogens (primary N) is 1. The monoisotopic (exact) mass is 291 g/mol. The molecule has 0 saturated heterocycles. The van der Waals surface area contributed by atoms with Crippen LogP contribution in [0.1, 0.15) is 17.6 Å². The zero-order chi connectivity index (χ0) is 13.2. The third-order valence-corrected chi connectivity index (χ3v) is 4.89. The fourth-order valence-corrected chi connectivity index (χ4v) is 3.73. The van der Waals surface area contributed by atoms with Crippen molar-refractivity contribution < 1.29 is 4.42 Å². The first-order chi connectivity index (χ1) is 9.26. The molecule has 19 heavy (non-hydrogen) atoms. The molecule has 3 rings (SSSR count). The summed E-state index contributed by atoms with van der Waals surface area (Å²) < 4.78 is 5.33. The highest BCUT2D eigenvalue weighted by Crippen LogP contribution is 2.33. The SMILES string of the molecule is CCc1cc2c(SCc3ccco3)nc(N)nc2s1. The number of aryl methyl sites for hydroxylation is 1. The number of nitrogens with zero attached hydrogens (tertiary/aromatic N) is 2. The molecule has 4 nitrogen and oxygen atoms in total. The number of furan rings is 1. The molecule has 2 N–H and O–H groups in total. The Labute approximate surface area is 119 Å².